The van der Waals surface area contributed by atoms with E-state index in [1.54, 1.807) is 12.1 Å². The van der Waals surface area contributed by atoms with Crippen molar-refractivity contribution in [2.45, 2.75) is 6.42 Å². The molecule has 0 spiro atoms. The molecule has 76 valence electrons. The maximum Gasteiger partial charge on any atom is 0.161 e. The molecule has 14 heavy (non-hydrogen) atoms. The summed E-state index contributed by atoms with van der Waals surface area (Å²) >= 11 is 4.11. The van der Waals surface area contributed by atoms with E-state index in [2.05, 4.69) is 12.6 Å². The zero-order valence-corrected chi connectivity index (χ0v) is 9.00. The van der Waals surface area contributed by atoms with E-state index >= 15 is 0 Å². The number of benzene rings is 1. The van der Waals surface area contributed by atoms with Gasteiger partial charge >= 0.3 is 0 Å². The number of phenolic OH excluding ortho intramolecular Hbond substituents is 1. The molecule has 0 bridgehead atoms. The van der Waals surface area contributed by atoms with Gasteiger partial charge in [-0.3, -0.25) is 0 Å². The van der Waals surface area contributed by atoms with Crippen molar-refractivity contribution in [1.29, 1.82) is 0 Å². The van der Waals surface area contributed by atoms with Crippen LogP contribution in [0.1, 0.15) is 12.0 Å². The van der Waals surface area contributed by atoms with Crippen LogP contribution in [0.4, 0.5) is 0 Å². The molecule has 0 heterocycles. The molecule has 0 aliphatic rings. The Morgan fingerprint density at radius 3 is 2.93 bits per heavy atom. The van der Waals surface area contributed by atoms with Crippen LogP contribution in [-0.4, -0.2) is 18.0 Å². The first-order valence-electron chi connectivity index (χ1n) is 4.42. The number of hydrogen-bond donors (Lipinski definition) is 2. The summed E-state index contributed by atoms with van der Waals surface area (Å²) in [4.78, 5) is 0. The Bertz CT molecular complexity index is 321. The third-order valence-electron chi connectivity index (χ3n) is 1.81. The van der Waals surface area contributed by atoms with E-state index < -0.39 is 0 Å². The Morgan fingerprint density at radius 1 is 1.50 bits per heavy atom. The molecule has 0 atom stereocenters. The van der Waals surface area contributed by atoms with Crippen LogP contribution < -0.4 is 4.74 Å². The topological polar surface area (TPSA) is 29.5 Å². The van der Waals surface area contributed by atoms with E-state index in [-0.39, 0.29) is 5.75 Å². The Morgan fingerprint density at radius 2 is 2.29 bits per heavy atom. The van der Waals surface area contributed by atoms with Crippen LogP contribution in [0.5, 0.6) is 11.5 Å². The van der Waals surface area contributed by atoms with Crippen molar-refractivity contribution >= 4 is 18.7 Å². The molecule has 1 aromatic rings. The quantitative estimate of drug-likeness (QED) is 0.748. The van der Waals surface area contributed by atoms with Crippen molar-refractivity contribution in [3.63, 3.8) is 0 Å². The number of ether oxygens (including phenoxy) is 1. The van der Waals surface area contributed by atoms with Crippen molar-refractivity contribution < 1.29 is 9.84 Å². The highest BCUT2D eigenvalue weighted by Gasteiger charge is 1.99. The average Bonchev–Trinajstić information content (AvgIpc) is 2.21. The summed E-state index contributed by atoms with van der Waals surface area (Å²) in [6.45, 7) is 0. The molecule has 0 aromatic heterocycles. The molecular weight excluding hydrogens is 196 g/mol. The lowest BCUT2D eigenvalue weighted by atomic mass is 10.2. The minimum Gasteiger partial charge on any atom is -0.504 e. The standard InChI is InChI=1S/C11H14O2S/c1-13-11-8-9(4-2-3-7-14)5-6-10(11)12/h2,4-6,8,12,14H,3,7H2,1H3. The SMILES string of the molecule is COc1cc(C=CCCS)ccc1O. The molecule has 1 N–H and O–H groups in total. The van der Waals surface area contributed by atoms with Gasteiger partial charge in [-0.05, 0) is 29.9 Å². The molecule has 1 aromatic carbocycles. The van der Waals surface area contributed by atoms with Gasteiger partial charge in [0.1, 0.15) is 0 Å². The molecule has 0 amide bonds. The molecule has 0 fully saturated rings. The highest BCUT2D eigenvalue weighted by molar-refractivity contribution is 7.80. The number of thiol groups is 1. The summed E-state index contributed by atoms with van der Waals surface area (Å²) in [5, 5.41) is 9.35. The Kier molecular flexibility index (Phi) is 4.40. The Balaban J connectivity index is 2.79. The summed E-state index contributed by atoms with van der Waals surface area (Å²) in [6.07, 6.45) is 4.96. The van der Waals surface area contributed by atoms with Gasteiger partial charge in [-0.1, -0.05) is 18.2 Å². The third kappa shape index (κ3) is 3.00. The highest BCUT2D eigenvalue weighted by atomic mass is 32.1. The first kappa shape index (κ1) is 11.0. The first-order chi connectivity index (χ1) is 6.77. The zero-order valence-electron chi connectivity index (χ0n) is 8.10. The largest absolute Gasteiger partial charge is 0.504 e. The molecule has 0 unspecified atom stereocenters. The predicted molar refractivity (Wildman–Crippen MR) is 62.2 cm³/mol. The normalized spacial score (nSPS) is 10.7. The molecule has 0 saturated carbocycles. The van der Waals surface area contributed by atoms with Crippen LogP contribution in [0, 0.1) is 0 Å². The molecule has 0 radical (unpaired) electrons. The van der Waals surface area contributed by atoms with Crippen LogP contribution in [0.2, 0.25) is 0 Å². The van der Waals surface area contributed by atoms with E-state index in [0.29, 0.717) is 5.75 Å². The molecule has 0 aliphatic heterocycles. The minimum atomic E-state index is 0.166. The molecule has 0 saturated heterocycles. The monoisotopic (exact) mass is 210 g/mol. The summed E-state index contributed by atoms with van der Waals surface area (Å²) in [6, 6.07) is 5.26. The van der Waals surface area contributed by atoms with E-state index in [1.165, 1.54) is 7.11 Å². The number of hydrogen-bond acceptors (Lipinski definition) is 3. The lowest BCUT2D eigenvalue weighted by molar-refractivity contribution is 0.373. The van der Waals surface area contributed by atoms with Gasteiger partial charge in [-0.15, -0.1) is 0 Å². The van der Waals surface area contributed by atoms with Gasteiger partial charge in [-0.25, -0.2) is 0 Å². The summed E-state index contributed by atoms with van der Waals surface area (Å²) < 4.78 is 4.99. The predicted octanol–water partition coefficient (Wildman–Crippen LogP) is 2.73. The van der Waals surface area contributed by atoms with Gasteiger partial charge < -0.3 is 9.84 Å². The summed E-state index contributed by atoms with van der Waals surface area (Å²) in [7, 11) is 1.54. The minimum absolute atomic E-state index is 0.166. The van der Waals surface area contributed by atoms with Crippen LogP contribution in [0.15, 0.2) is 24.3 Å². The van der Waals surface area contributed by atoms with Crippen LogP contribution in [0.3, 0.4) is 0 Å². The fraction of sp³-hybridized carbons (Fsp3) is 0.273. The van der Waals surface area contributed by atoms with Crippen molar-refractivity contribution in [2.24, 2.45) is 0 Å². The third-order valence-corrected chi connectivity index (χ3v) is 2.07. The van der Waals surface area contributed by atoms with E-state index in [9.17, 15) is 5.11 Å². The van der Waals surface area contributed by atoms with Gasteiger partial charge in [0.15, 0.2) is 11.5 Å². The molecule has 1 rings (SSSR count). The summed E-state index contributed by atoms with van der Waals surface area (Å²) in [5.74, 6) is 1.50. The second-order valence-corrected chi connectivity index (χ2v) is 3.29. The lowest BCUT2D eigenvalue weighted by Crippen LogP contribution is -1.84. The van der Waals surface area contributed by atoms with E-state index in [0.717, 1.165) is 17.7 Å². The lowest BCUT2D eigenvalue weighted by Gasteiger charge is -2.03. The second kappa shape index (κ2) is 5.60. The number of aromatic hydroxyl groups is 1. The van der Waals surface area contributed by atoms with Crippen LogP contribution in [0.25, 0.3) is 6.08 Å². The maximum absolute atomic E-state index is 9.35. The van der Waals surface area contributed by atoms with Gasteiger partial charge in [0.05, 0.1) is 7.11 Å². The fourth-order valence-electron chi connectivity index (χ4n) is 1.09. The molecular formula is C11H14O2S. The smallest absolute Gasteiger partial charge is 0.161 e. The molecule has 0 aliphatic carbocycles. The van der Waals surface area contributed by atoms with Gasteiger partial charge in [0, 0.05) is 0 Å². The maximum atomic E-state index is 9.35. The van der Waals surface area contributed by atoms with E-state index in [4.69, 9.17) is 4.74 Å². The van der Waals surface area contributed by atoms with Crippen molar-refractivity contribution in [1.82, 2.24) is 0 Å². The Hall–Kier alpha value is -1.09. The highest BCUT2D eigenvalue weighted by Crippen LogP contribution is 2.26. The Labute approximate surface area is 89.6 Å². The second-order valence-electron chi connectivity index (χ2n) is 2.85. The number of allylic oxidation sites excluding steroid dienone is 1. The van der Waals surface area contributed by atoms with Crippen molar-refractivity contribution in [3.05, 3.63) is 29.8 Å². The molecule has 3 heteroatoms. The van der Waals surface area contributed by atoms with Gasteiger partial charge in [0.25, 0.3) is 0 Å². The fourth-order valence-corrected chi connectivity index (χ4v) is 1.24. The van der Waals surface area contributed by atoms with E-state index in [1.807, 2.05) is 18.2 Å². The molecule has 2 nitrogen and oxygen atoms in total. The summed E-state index contributed by atoms with van der Waals surface area (Å²) in [5.41, 5.74) is 1.02. The number of rotatable bonds is 4. The van der Waals surface area contributed by atoms with Gasteiger partial charge in [-0.2, -0.15) is 12.6 Å². The van der Waals surface area contributed by atoms with Gasteiger partial charge in [0.2, 0.25) is 0 Å². The van der Waals surface area contributed by atoms with Crippen LogP contribution in [-0.2, 0) is 0 Å². The van der Waals surface area contributed by atoms with Crippen LogP contribution >= 0.6 is 12.6 Å². The van der Waals surface area contributed by atoms with Crippen molar-refractivity contribution in [3.8, 4) is 11.5 Å². The number of methoxy groups -OCH3 is 1. The average molecular weight is 210 g/mol. The first-order valence-corrected chi connectivity index (χ1v) is 5.05. The van der Waals surface area contributed by atoms with Crippen molar-refractivity contribution in [2.75, 3.05) is 12.9 Å². The number of phenols is 1. The zero-order chi connectivity index (χ0) is 10.4.